The van der Waals surface area contributed by atoms with Crippen molar-refractivity contribution in [3.63, 3.8) is 0 Å². The van der Waals surface area contributed by atoms with Crippen LogP contribution >= 0.6 is 11.3 Å². The van der Waals surface area contributed by atoms with Gasteiger partial charge in [0.25, 0.3) is 0 Å². The van der Waals surface area contributed by atoms with Crippen molar-refractivity contribution in [1.29, 1.82) is 0 Å². The largest absolute Gasteiger partial charge is 0.497 e. The molecule has 0 unspecified atom stereocenters. The van der Waals surface area contributed by atoms with Gasteiger partial charge in [0.2, 0.25) is 5.91 Å². The number of ether oxygens (including phenoxy) is 1. The maximum absolute atomic E-state index is 12.0. The maximum Gasteiger partial charge on any atom is 0.246 e. The number of hydrogen-bond donors (Lipinski definition) is 0. The molecule has 0 bridgehead atoms. The molecule has 21 heavy (non-hydrogen) atoms. The highest BCUT2D eigenvalue weighted by molar-refractivity contribution is 7.10. The van der Waals surface area contributed by atoms with E-state index >= 15 is 0 Å². The third-order valence-corrected chi connectivity index (χ3v) is 4.82. The van der Waals surface area contributed by atoms with Gasteiger partial charge < -0.3 is 9.64 Å². The molecule has 1 aromatic carbocycles. The fourth-order valence-electron chi connectivity index (χ4n) is 2.76. The van der Waals surface area contributed by atoms with E-state index in [0.29, 0.717) is 13.1 Å². The van der Waals surface area contributed by atoms with Crippen LogP contribution in [0.3, 0.4) is 0 Å². The first-order valence-corrected chi connectivity index (χ1v) is 7.72. The maximum atomic E-state index is 12.0. The summed E-state index contributed by atoms with van der Waals surface area (Å²) in [6, 6.07) is 10.3. The predicted octanol–water partition coefficient (Wildman–Crippen LogP) is 3.42. The van der Waals surface area contributed by atoms with Crippen LogP contribution in [0.25, 0.3) is 0 Å². The van der Waals surface area contributed by atoms with Crippen LogP contribution < -0.4 is 4.74 Å². The van der Waals surface area contributed by atoms with Crippen LogP contribution in [0.4, 0.5) is 0 Å². The van der Waals surface area contributed by atoms with Crippen molar-refractivity contribution in [1.82, 2.24) is 4.90 Å². The van der Waals surface area contributed by atoms with Gasteiger partial charge in [-0.3, -0.25) is 4.79 Å². The van der Waals surface area contributed by atoms with Crippen LogP contribution in [0.1, 0.15) is 21.9 Å². The van der Waals surface area contributed by atoms with Gasteiger partial charge in [-0.25, -0.2) is 0 Å². The molecule has 4 heteroatoms. The zero-order chi connectivity index (χ0) is 14.8. The summed E-state index contributed by atoms with van der Waals surface area (Å²) in [5, 5.41) is 2.10. The third kappa shape index (κ3) is 2.59. The normalized spacial score (nSPS) is 17.2. The number of methoxy groups -OCH3 is 1. The Bertz CT molecular complexity index is 660. The average Bonchev–Trinajstić information content (AvgIpc) is 3.01. The van der Waals surface area contributed by atoms with Crippen LogP contribution in [-0.2, 0) is 11.3 Å². The lowest BCUT2D eigenvalue weighted by molar-refractivity contribution is -0.127. The summed E-state index contributed by atoms with van der Waals surface area (Å²) < 4.78 is 5.21. The quantitative estimate of drug-likeness (QED) is 0.813. The van der Waals surface area contributed by atoms with Crippen molar-refractivity contribution < 1.29 is 9.53 Å². The van der Waals surface area contributed by atoms with Gasteiger partial charge in [-0.05, 0) is 40.8 Å². The number of carbonyl (C=O) groups excluding carboxylic acids is 1. The van der Waals surface area contributed by atoms with E-state index in [-0.39, 0.29) is 11.8 Å². The van der Waals surface area contributed by atoms with Gasteiger partial charge in [0.15, 0.2) is 0 Å². The molecule has 2 heterocycles. The molecule has 2 aromatic rings. The van der Waals surface area contributed by atoms with Gasteiger partial charge in [-0.1, -0.05) is 18.7 Å². The van der Waals surface area contributed by atoms with Crippen molar-refractivity contribution in [3.05, 3.63) is 64.4 Å². The topological polar surface area (TPSA) is 29.5 Å². The Morgan fingerprint density at radius 3 is 2.81 bits per heavy atom. The molecular formula is C17H17NO2S. The lowest BCUT2D eigenvalue weighted by atomic mass is 9.88. The number of fused-ring (bicyclic) bond motifs is 1. The number of amides is 1. The van der Waals surface area contributed by atoms with Crippen LogP contribution in [0.2, 0.25) is 0 Å². The number of nitrogens with zero attached hydrogens (tertiary/aromatic N) is 1. The summed E-state index contributed by atoms with van der Waals surface area (Å²) in [5.41, 5.74) is 2.54. The molecule has 1 atom stereocenters. The molecule has 1 amide bonds. The molecule has 1 aliphatic heterocycles. The van der Waals surface area contributed by atoms with E-state index in [1.54, 1.807) is 18.4 Å². The highest BCUT2D eigenvalue weighted by Crippen LogP contribution is 2.36. The van der Waals surface area contributed by atoms with Gasteiger partial charge in [-0.2, -0.15) is 0 Å². The van der Waals surface area contributed by atoms with Gasteiger partial charge in [-0.15, -0.1) is 11.3 Å². The van der Waals surface area contributed by atoms with Gasteiger partial charge in [0.05, 0.1) is 13.7 Å². The van der Waals surface area contributed by atoms with Crippen molar-refractivity contribution in [2.24, 2.45) is 0 Å². The Hall–Kier alpha value is -2.07. The molecule has 0 N–H and O–H groups in total. The van der Waals surface area contributed by atoms with Crippen molar-refractivity contribution in [2.45, 2.75) is 12.5 Å². The smallest absolute Gasteiger partial charge is 0.246 e. The van der Waals surface area contributed by atoms with Crippen LogP contribution in [-0.4, -0.2) is 24.5 Å². The number of carbonyl (C=O) groups is 1. The predicted molar refractivity (Wildman–Crippen MR) is 84.8 cm³/mol. The molecule has 0 spiro atoms. The van der Waals surface area contributed by atoms with E-state index in [2.05, 4.69) is 30.2 Å². The molecule has 0 fully saturated rings. The van der Waals surface area contributed by atoms with Crippen molar-refractivity contribution in [3.8, 4) is 5.75 Å². The third-order valence-electron chi connectivity index (χ3n) is 3.90. The zero-order valence-electron chi connectivity index (χ0n) is 11.9. The molecule has 0 radical (unpaired) electrons. The lowest BCUT2D eigenvalue weighted by Gasteiger charge is -2.32. The van der Waals surface area contributed by atoms with Crippen LogP contribution in [0.5, 0.6) is 5.75 Å². The Labute approximate surface area is 128 Å². The van der Waals surface area contributed by atoms with E-state index in [1.807, 2.05) is 17.0 Å². The summed E-state index contributed by atoms with van der Waals surface area (Å²) in [5.74, 6) is 1.06. The minimum absolute atomic E-state index is 0.00689. The second-order valence-electron chi connectivity index (χ2n) is 5.05. The number of thiophene rings is 1. The second-order valence-corrected chi connectivity index (χ2v) is 6.05. The van der Waals surface area contributed by atoms with Gasteiger partial charge in [0.1, 0.15) is 5.75 Å². The summed E-state index contributed by atoms with van der Waals surface area (Å²) in [6.45, 7) is 4.98. The summed E-state index contributed by atoms with van der Waals surface area (Å²) in [4.78, 5) is 15.1. The number of rotatable bonds is 3. The highest BCUT2D eigenvalue weighted by atomic mass is 32.1. The summed E-state index contributed by atoms with van der Waals surface area (Å²) >= 11 is 1.71. The van der Waals surface area contributed by atoms with Gasteiger partial charge in [0, 0.05) is 17.3 Å². The zero-order valence-corrected chi connectivity index (χ0v) is 12.7. The molecule has 0 saturated heterocycles. The Balaban J connectivity index is 1.96. The molecular weight excluding hydrogens is 282 g/mol. The van der Waals surface area contributed by atoms with Gasteiger partial charge >= 0.3 is 0 Å². The standard InChI is InChI=1S/C17H17NO2S/c1-3-17(19)18-10-15(14-8-9-21-16(14)11-18)12-4-6-13(20-2)7-5-12/h3-9,15H,1,10-11H2,2H3/t15-/m1/s1. The summed E-state index contributed by atoms with van der Waals surface area (Å²) in [6.07, 6.45) is 1.39. The minimum Gasteiger partial charge on any atom is -0.497 e. The average molecular weight is 299 g/mol. The Morgan fingerprint density at radius 1 is 1.38 bits per heavy atom. The molecule has 0 saturated carbocycles. The fraction of sp³-hybridized carbons (Fsp3) is 0.235. The molecule has 3 rings (SSSR count). The molecule has 1 aromatic heterocycles. The van der Waals surface area contributed by atoms with E-state index in [4.69, 9.17) is 4.74 Å². The van der Waals surface area contributed by atoms with E-state index < -0.39 is 0 Å². The van der Waals surface area contributed by atoms with Crippen LogP contribution in [0, 0.1) is 0 Å². The second kappa shape index (κ2) is 5.74. The first kappa shape index (κ1) is 13.9. The molecule has 108 valence electrons. The molecule has 3 nitrogen and oxygen atoms in total. The Kier molecular flexibility index (Phi) is 3.80. The first-order chi connectivity index (χ1) is 10.2. The van der Waals surface area contributed by atoms with Crippen molar-refractivity contribution >= 4 is 17.2 Å². The monoisotopic (exact) mass is 299 g/mol. The molecule has 0 aliphatic carbocycles. The first-order valence-electron chi connectivity index (χ1n) is 6.84. The van der Waals surface area contributed by atoms with E-state index in [9.17, 15) is 4.79 Å². The number of hydrogen-bond acceptors (Lipinski definition) is 3. The summed E-state index contributed by atoms with van der Waals surface area (Å²) in [7, 11) is 1.66. The van der Waals surface area contributed by atoms with E-state index in [0.717, 1.165) is 5.75 Å². The SMILES string of the molecule is C=CC(=O)N1Cc2sccc2[C@@H](c2ccc(OC)cc2)C1. The van der Waals surface area contributed by atoms with E-state index in [1.165, 1.54) is 22.1 Å². The minimum atomic E-state index is -0.00689. The lowest BCUT2D eigenvalue weighted by Crippen LogP contribution is -2.36. The number of benzene rings is 1. The Morgan fingerprint density at radius 2 is 2.14 bits per heavy atom. The fourth-order valence-corrected chi connectivity index (χ4v) is 3.72. The highest BCUT2D eigenvalue weighted by Gasteiger charge is 2.29. The molecule has 1 aliphatic rings. The van der Waals surface area contributed by atoms with Crippen LogP contribution in [0.15, 0.2) is 48.4 Å². The van der Waals surface area contributed by atoms with Crippen molar-refractivity contribution in [2.75, 3.05) is 13.7 Å².